The van der Waals surface area contributed by atoms with Gasteiger partial charge in [-0.05, 0) is 60.9 Å². The molecule has 33 heavy (non-hydrogen) atoms. The zero-order valence-electron chi connectivity index (χ0n) is 17.8. The Kier molecular flexibility index (Phi) is 5.61. The van der Waals surface area contributed by atoms with Gasteiger partial charge in [0.1, 0.15) is 5.69 Å². The van der Waals surface area contributed by atoms with Crippen LogP contribution in [0, 0.1) is 13.8 Å². The number of phenolic OH excluding ortho intramolecular Hbond substituents is 1. The summed E-state index contributed by atoms with van der Waals surface area (Å²) in [6.45, 7) is 3.85. The molecule has 0 saturated carbocycles. The van der Waals surface area contributed by atoms with Crippen LogP contribution in [0.4, 0.5) is 11.4 Å². The van der Waals surface area contributed by atoms with Crippen LogP contribution in [-0.2, 0) is 9.59 Å². The first kappa shape index (κ1) is 21.7. The van der Waals surface area contributed by atoms with Crippen molar-refractivity contribution in [2.24, 2.45) is 10.2 Å². The number of anilines is 1. The van der Waals surface area contributed by atoms with Gasteiger partial charge in [-0.1, -0.05) is 30.3 Å². The molecule has 0 bridgehead atoms. The predicted molar refractivity (Wildman–Crippen MR) is 120 cm³/mol. The lowest BCUT2D eigenvalue weighted by molar-refractivity contribution is -0.124. The highest BCUT2D eigenvalue weighted by Gasteiger charge is 2.40. The highest BCUT2D eigenvalue weighted by atomic mass is 16.4. The topological polar surface area (TPSA) is 132 Å². The zero-order chi connectivity index (χ0) is 23.7. The van der Waals surface area contributed by atoms with Crippen molar-refractivity contribution in [2.75, 3.05) is 5.01 Å². The summed E-state index contributed by atoms with van der Waals surface area (Å²) in [7, 11) is 0. The number of azo groups is 1. The highest BCUT2D eigenvalue weighted by Crippen LogP contribution is 2.37. The van der Waals surface area contributed by atoms with Crippen molar-refractivity contribution in [2.45, 2.75) is 19.9 Å². The van der Waals surface area contributed by atoms with Crippen LogP contribution in [0.15, 0.2) is 70.9 Å². The fourth-order valence-electron chi connectivity index (χ4n) is 3.40. The van der Waals surface area contributed by atoms with Gasteiger partial charge in [0.15, 0.2) is 5.75 Å². The Labute approximate surface area is 189 Å². The van der Waals surface area contributed by atoms with E-state index in [-0.39, 0.29) is 17.0 Å². The Balaban J connectivity index is 1.60. The Morgan fingerprint density at radius 2 is 1.76 bits per heavy atom. The molecule has 2 amide bonds. The molecule has 1 unspecified atom stereocenters. The van der Waals surface area contributed by atoms with Crippen molar-refractivity contribution < 1.29 is 24.6 Å². The SMILES string of the molecule is Cc1ccc(N2NC(=O)C(N=Nc3cccc(-c4cccc(C(=O)O)c4)c3O)C2=O)cc1C. The second-order valence-electron chi connectivity index (χ2n) is 7.60. The minimum atomic E-state index is -1.40. The largest absolute Gasteiger partial charge is 0.505 e. The van der Waals surface area contributed by atoms with E-state index < -0.39 is 23.8 Å². The number of benzene rings is 3. The summed E-state index contributed by atoms with van der Waals surface area (Å²) in [6.07, 6.45) is 0. The molecule has 1 aliphatic rings. The third-order valence-corrected chi connectivity index (χ3v) is 5.39. The van der Waals surface area contributed by atoms with E-state index in [4.69, 9.17) is 0 Å². The second kappa shape index (κ2) is 8.54. The number of carbonyl (C=O) groups excluding carboxylic acids is 2. The summed E-state index contributed by atoms with van der Waals surface area (Å²) < 4.78 is 0. The van der Waals surface area contributed by atoms with Gasteiger partial charge >= 0.3 is 5.97 Å². The standard InChI is InChI=1S/C24H20N4O5/c1-13-9-10-17(11-14(13)2)28-23(31)20(22(30)27-28)26-25-19-8-4-7-18(21(19)29)15-5-3-6-16(12-15)24(32)33/h3-12,20,29H,1-2H3,(H,27,30)(H,32,33). The fraction of sp³-hybridized carbons (Fsp3) is 0.125. The number of phenols is 1. The number of nitrogens with zero attached hydrogens (tertiary/aromatic N) is 3. The van der Waals surface area contributed by atoms with Crippen molar-refractivity contribution in [3.63, 3.8) is 0 Å². The minimum absolute atomic E-state index is 0.0402. The average molecular weight is 444 g/mol. The Bertz CT molecular complexity index is 1320. The van der Waals surface area contributed by atoms with Crippen LogP contribution in [0.25, 0.3) is 11.1 Å². The van der Waals surface area contributed by atoms with E-state index in [1.54, 1.807) is 36.4 Å². The summed E-state index contributed by atoms with van der Waals surface area (Å²) in [5, 5.41) is 28.8. The number of hydrogen-bond donors (Lipinski definition) is 3. The molecule has 0 aliphatic carbocycles. The van der Waals surface area contributed by atoms with Crippen molar-refractivity contribution >= 4 is 29.2 Å². The molecule has 166 valence electrons. The monoisotopic (exact) mass is 444 g/mol. The highest BCUT2D eigenvalue weighted by molar-refractivity contribution is 6.17. The van der Waals surface area contributed by atoms with Gasteiger partial charge in [0.25, 0.3) is 11.8 Å². The van der Waals surface area contributed by atoms with Gasteiger partial charge in [0, 0.05) is 5.56 Å². The summed E-state index contributed by atoms with van der Waals surface area (Å²) in [5.41, 5.74) is 5.95. The molecule has 0 radical (unpaired) electrons. The second-order valence-corrected chi connectivity index (χ2v) is 7.60. The van der Waals surface area contributed by atoms with Gasteiger partial charge in [-0.3, -0.25) is 15.0 Å². The van der Waals surface area contributed by atoms with Crippen LogP contribution in [0.2, 0.25) is 0 Å². The van der Waals surface area contributed by atoms with E-state index in [1.807, 2.05) is 19.9 Å². The van der Waals surface area contributed by atoms with Crippen LogP contribution >= 0.6 is 0 Å². The molecule has 1 aliphatic heterocycles. The van der Waals surface area contributed by atoms with Gasteiger partial charge in [0.05, 0.1) is 11.3 Å². The number of amides is 2. The number of carboxylic acids is 1. The van der Waals surface area contributed by atoms with E-state index in [1.165, 1.54) is 18.2 Å². The maximum Gasteiger partial charge on any atom is 0.335 e. The van der Waals surface area contributed by atoms with E-state index in [2.05, 4.69) is 15.7 Å². The molecular formula is C24H20N4O5. The van der Waals surface area contributed by atoms with Gasteiger partial charge < -0.3 is 10.2 Å². The Hall–Kier alpha value is -4.53. The van der Waals surface area contributed by atoms with Crippen LogP contribution in [0.1, 0.15) is 21.5 Å². The smallest absolute Gasteiger partial charge is 0.335 e. The number of carboxylic acid groups (broad SMARTS) is 1. The maximum absolute atomic E-state index is 12.8. The summed E-state index contributed by atoms with van der Waals surface area (Å²) >= 11 is 0. The zero-order valence-corrected chi connectivity index (χ0v) is 17.8. The van der Waals surface area contributed by atoms with Gasteiger partial charge in [-0.2, -0.15) is 10.2 Å². The molecule has 1 saturated heterocycles. The van der Waals surface area contributed by atoms with E-state index >= 15 is 0 Å². The average Bonchev–Trinajstić information content (AvgIpc) is 3.08. The third kappa shape index (κ3) is 4.16. The first-order valence-corrected chi connectivity index (χ1v) is 10.0. The van der Waals surface area contributed by atoms with Crippen molar-refractivity contribution in [3.05, 3.63) is 77.4 Å². The first-order chi connectivity index (χ1) is 15.8. The van der Waals surface area contributed by atoms with Crippen molar-refractivity contribution in [1.82, 2.24) is 5.43 Å². The van der Waals surface area contributed by atoms with Crippen LogP contribution in [0.5, 0.6) is 5.75 Å². The van der Waals surface area contributed by atoms with Gasteiger partial charge in [0.2, 0.25) is 6.04 Å². The third-order valence-electron chi connectivity index (χ3n) is 5.39. The number of aromatic hydroxyl groups is 1. The molecule has 9 heteroatoms. The number of aromatic carboxylic acids is 1. The molecule has 1 heterocycles. The lowest BCUT2D eigenvalue weighted by Crippen LogP contribution is -2.35. The van der Waals surface area contributed by atoms with Gasteiger partial charge in [-0.15, -0.1) is 0 Å². The Morgan fingerprint density at radius 3 is 2.48 bits per heavy atom. The first-order valence-electron chi connectivity index (χ1n) is 10.0. The van der Waals surface area contributed by atoms with E-state index in [9.17, 15) is 24.6 Å². The van der Waals surface area contributed by atoms with Crippen molar-refractivity contribution in [3.8, 4) is 16.9 Å². The molecule has 4 rings (SSSR count). The van der Waals surface area contributed by atoms with Crippen LogP contribution in [0.3, 0.4) is 0 Å². The van der Waals surface area contributed by atoms with E-state index in [0.717, 1.165) is 16.1 Å². The van der Waals surface area contributed by atoms with Crippen LogP contribution in [-0.4, -0.2) is 34.0 Å². The molecule has 9 nitrogen and oxygen atoms in total. The number of nitrogens with one attached hydrogen (secondary N) is 1. The number of rotatable bonds is 5. The number of carbonyl (C=O) groups is 3. The molecular weight excluding hydrogens is 424 g/mol. The number of aryl methyl sites for hydroxylation is 2. The molecule has 1 fully saturated rings. The summed E-state index contributed by atoms with van der Waals surface area (Å²) in [5.74, 6) is -2.56. The lowest BCUT2D eigenvalue weighted by atomic mass is 10.0. The number of hydrazine groups is 1. The van der Waals surface area contributed by atoms with Gasteiger partial charge in [-0.25, -0.2) is 9.80 Å². The summed E-state index contributed by atoms with van der Waals surface area (Å²) in [4.78, 5) is 36.4. The molecule has 0 aromatic heterocycles. The molecule has 3 aromatic carbocycles. The molecule has 3 N–H and O–H groups in total. The predicted octanol–water partition coefficient (Wildman–Crippen LogP) is 3.90. The molecule has 1 atom stereocenters. The molecule has 3 aromatic rings. The maximum atomic E-state index is 12.8. The number of para-hydroxylation sites is 1. The normalized spacial score (nSPS) is 15.8. The minimum Gasteiger partial charge on any atom is -0.505 e. The lowest BCUT2D eigenvalue weighted by Gasteiger charge is -2.16. The van der Waals surface area contributed by atoms with Crippen molar-refractivity contribution in [1.29, 1.82) is 0 Å². The fourth-order valence-corrected chi connectivity index (χ4v) is 3.40. The molecule has 0 spiro atoms. The van der Waals surface area contributed by atoms with Crippen LogP contribution < -0.4 is 10.4 Å². The Morgan fingerprint density at radius 1 is 1.00 bits per heavy atom. The quantitative estimate of drug-likeness (QED) is 0.406. The number of hydrogen-bond acceptors (Lipinski definition) is 6. The van der Waals surface area contributed by atoms with E-state index in [0.29, 0.717) is 16.8 Å². The summed E-state index contributed by atoms with van der Waals surface area (Å²) in [6, 6.07) is 14.7.